The van der Waals surface area contributed by atoms with E-state index in [9.17, 15) is 4.79 Å². The number of ether oxygens (including phenoxy) is 1. The van der Waals surface area contributed by atoms with Crippen molar-refractivity contribution in [3.63, 3.8) is 0 Å². The van der Waals surface area contributed by atoms with Crippen LogP contribution in [0.3, 0.4) is 0 Å². The highest BCUT2D eigenvalue weighted by molar-refractivity contribution is 5.69. The number of rotatable bonds is 7. The summed E-state index contributed by atoms with van der Waals surface area (Å²) in [6, 6.07) is 0. The smallest absolute Gasteiger partial charge is 0.305 e. The number of carbonyl (C=O) groups excluding carboxylic acids is 1. The molecular formula is C14H25N3O2. The van der Waals surface area contributed by atoms with Crippen LogP contribution in [0.5, 0.6) is 0 Å². The largest absolute Gasteiger partial charge is 0.466 e. The number of nitrogens with one attached hydrogen (secondary N) is 1. The minimum Gasteiger partial charge on any atom is -0.466 e. The molecule has 0 atom stereocenters. The summed E-state index contributed by atoms with van der Waals surface area (Å²) in [7, 11) is 0. The molecule has 19 heavy (non-hydrogen) atoms. The van der Waals surface area contributed by atoms with E-state index in [1.807, 2.05) is 17.8 Å². The molecule has 0 aliphatic heterocycles. The van der Waals surface area contributed by atoms with E-state index in [-0.39, 0.29) is 11.5 Å². The Labute approximate surface area is 115 Å². The summed E-state index contributed by atoms with van der Waals surface area (Å²) in [5.41, 5.74) is 1.17. The van der Waals surface area contributed by atoms with Crippen molar-refractivity contribution >= 4 is 5.97 Å². The maximum absolute atomic E-state index is 11.1. The standard InChI is InChI=1S/C14H25N3O2/c1-5-19-13(18)7-6-8-15-9-12-10-16-17(11-12)14(2,3)4/h10-11,15H,5-9H2,1-4H3. The van der Waals surface area contributed by atoms with Crippen molar-refractivity contribution in [3.8, 4) is 0 Å². The molecule has 1 N–H and O–H groups in total. The number of aromatic nitrogens is 2. The molecule has 1 rings (SSSR count). The van der Waals surface area contributed by atoms with Crippen molar-refractivity contribution in [2.75, 3.05) is 13.2 Å². The third-order valence-corrected chi connectivity index (χ3v) is 2.69. The fourth-order valence-electron chi connectivity index (χ4n) is 1.64. The third-order valence-electron chi connectivity index (χ3n) is 2.69. The van der Waals surface area contributed by atoms with E-state index in [2.05, 4.69) is 37.4 Å². The second-order valence-electron chi connectivity index (χ2n) is 5.55. The second kappa shape index (κ2) is 7.28. The van der Waals surface area contributed by atoms with Crippen LogP contribution in [0.25, 0.3) is 0 Å². The van der Waals surface area contributed by atoms with Crippen molar-refractivity contribution in [1.82, 2.24) is 15.1 Å². The quantitative estimate of drug-likeness (QED) is 0.607. The van der Waals surface area contributed by atoms with Crippen LogP contribution in [0, 0.1) is 0 Å². The average Bonchev–Trinajstić information content (AvgIpc) is 2.77. The van der Waals surface area contributed by atoms with E-state index in [1.54, 1.807) is 0 Å². The number of esters is 1. The molecule has 0 aromatic carbocycles. The molecule has 0 aliphatic carbocycles. The van der Waals surface area contributed by atoms with Crippen molar-refractivity contribution in [3.05, 3.63) is 18.0 Å². The summed E-state index contributed by atoms with van der Waals surface area (Å²) in [5, 5.41) is 7.64. The molecule has 1 aromatic heterocycles. The van der Waals surface area contributed by atoms with E-state index in [1.165, 1.54) is 0 Å². The molecule has 0 aliphatic rings. The molecule has 0 unspecified atom stereocenters. The van der Waals surface area contributed by atoms with Gasteiger partial charge in [0.05, 0.1) is 18.3 Å². The zero-order valence-electron chi connectivity index (χ0n) is 12.4. The van der Waals surface area contributed by atoms with Gasteiger partial charge in [0, 0.05) is 24.7 Å². The maximum atomic E-state index is 11.1. The van der Waals surface area contributed by atoms with E-state index in [0.29, 0.717) is 13.0 Å². The van der Waals surface area contributed by atoms with Crippen LogP contribution in [0.2, 0.25) is 0 Å². The Bertz CT molecular complexity index is 394. The van der Waals surface area contributed by atoms with E-state index >= 15 is 0 Å². The van der Waals surface area contributed by atoms with Gasteiger partial charge in [-0.05, 0) is 40.7 Å². The second-order valence-corrected chi connectivity index (χ2v) is 5.55. The number of nitrogens with zero attached hydrogens (tertiary/aromatic N) is 2. The van der Waals surface area contributed by atoms with Crippen LogP contribution in [-0.2, 0) is 21.6 Å². The summed E-state index contributed by atoms with van der Waals surface area (Å²) in [5.74, 6) is -0.121. The van der Waals surface area contributed by atoms with Crippen LogP contribution in [0.15, 0.2) is 12.4 Å². The molecule has 5 nitrogen and oxygen atoms in total. The molecule has 1 heterocycles. The first-order valence-corrected chi connectivity index (χ1v) is 6.84. The molecule has 0 spiro atoms. The summed E-state index contributed by atoms with van der Waals surface area (Å²) in [6.07, 6.45) is 5.20. The average molecular weight is 267 g/mol. The van der Waals surface area contributed by atoms with Crippen molar-refractivity contribution in [2.45, 2.75) is 52.6 Å². The highest BCUT2D eigenvalue weighted by Gasteiger charge is 2.13. The van der Waals surface area contributed by atoms with Gasteiger partial charge in [-0.3, -0.25) is 9.48 Å². The first kappa shape index (κ1) is 15.7. The normalized spacial score (nSPS) is 11.6. The van der Waals surface area contributed by atoms with Crippen LogP contribution < -0.4 is 5.32 Å². The van der Waals surface area contributed by atoms with Gasteiger partial charge in [0.2, 0.25) is 0 Å². The van der Waals surface area contributed by atoms with Crippen LogP contribution in [0.4, 0.5) is 0 Å². The van der Waals surface area contributed by atoms with Gasteiger partial charge in [0.25, 0.3) is 0 Å². The van der Waals surface area contributed by atoms with Crippen molar-refractivity contribution < 1.29 is 9.53 Å². The Morgan fingerprint density at radius 3 is 2.79 bits per heavy atom. The fraction of sp³-hybridized carbons (Fsp3) is 0.714. The monoisotopic (exact) mass is 267 g/mol. The lowest BCUT2D eigenvalue weighted by Gasteiger charge is -2.18. The molecule has 108 valence electrons. The maximum Gasteiger partial charge on any atom is 0.305 e. The molecule has 0 bridgehead atoms. The number of hydrogen-bond donors (Lipinski definition) is 1. The van der Waals surface area contributed by atoms with E-state index < -0.39 is 0 Å². The topological polar surface area (TPSA) is 56.1 Å². The predicted molar refractivity (Wildman–Crippen MR) is 74.8 cm³/mol. The highest BCUT2D eigenvalue weighted by Crippen LogP contribution is 2.12. The van der Waals surface area contributed by atoms with Gasteiger partial charge >= 0.3 is 5.97 Å². The first-order valence-electron chi connectivity index (χ1n) is 6.84. The third kappa shape index (κ3) is 5.87. The summed E-state index contributed by atoms with van der Waals surface area (Å²) < 4.78 is 6.83. The summed E-state index contributed by atoms with van der Waals surface area (Å²) in [6.45, 7) is 10.2. The highest BCUT2D eigenvalue weighted by atomic mass is 16.5. The van der Waals surface area contributed by atoms with Crippen LogP contribution in [0.1, 0.15) is 46.1 Å². The molecule has 0 fully saturated rings. The van der Waals surface area contributed by atoms with Crippen molar-refractivity contribution in [2.24, 2.45) is 0 Å². The Balaban J connectivity index is 2.20. The summed E-state index contributed by atoms with van der Waals surface area (Å²) >= 11 is 0. The molecule has 0 amide bonds. The molecule has 0 radical (unpaired) electrons. The Hall–Kier alpha value is -1.36. The van der Waals surface area contributed by atoms with Crippen LogP contribution >= 0.6 is 0 Å². The minimum absolute atomic E-state index is 0.0160. The lowest BCUT2D eigenvalue weighted by atomic mass is 10.1. The van der Waals surface area contributed by atoms with Crippen LogP contribution in [-0.4, -0.2) is 28.9 Å². The van der Waals surface area contributed by atoms with Crippen molar-refractivity contribution in [1.29, 1.82) is 0 Å². The lowest BCUT2D eigenvalue weighted by molar-refractivity contribution is -0.143. The van der Waals surface area contributed by atoms with Gasteiger partial charge in [-0.2, -0.15) is 5.10 Å². The van der Waals surface area contributed by atoms with Gasteiger partial charge < -0.3 is 10.1 Å². The number of carbonyl (C=O) groups is 1. The summed E-state index contributed by atoms with van der Waals surface area (Å²) in [4.78, 5) is 11.1. The van der Waals surface area contributed by atoms with Gasteiger partial charge in [0.1, 0.15) is 0 Å². The zero-order chi connectivity index (χ0) is 14.3. The number of hydrogen-bond acceptors (Lipinski definition) is 4. The van der Waals surface area contributed by atoms with Gasteiger partial charge in [-0.1, -0.05) is 0 Å². The fourth-order valence-corrected chi connectivity index (χ4v) is 1.64. The molecular weight excluding hydrogens is 242 g/mol. The van der Waals surface area contributed by atoms with Gasteiger partial charge in [-0.25, -0.2) is 0 Å². The molecule has 0 saturated carbocycles. The van der Waals surface area contributed by atoms with Gasteiger partial charge in [-0.15, -0.1) is 0 Å². The van der Waals surface area contributed by atoms with E-state index in [4.69, 9.17) is 4.74 Å². The lowest BCUT2D eigenvalue weighted by Crippen LogP contribution is -2.22. The Morgan fingerprint density at radius 2 is 2.21 bits per heavy atom. The molecule has 1 aromatic rings. The van der Waals surface area contributed by atoms with E-state index in [0.717, 1.165) is 25.1 Å². The Kier molecular flexibility index (Phi) is 6.02. The first-order chi connectivity index (χ1) is 8.93. The predicted octanol–water partition coefficient (Wildman–Crippen LogP) is 2.07. The van der Waals surface area contributed by atoms with Gasteiger partial charge in [0.15, 0.2) is 0 Å². The Morgan fingerprint density at radius 1 is 1.47 bits per heavy atom. The minimum atomic E-state index is -0.121. The molecule has 0 saturated heterocycles. The molecule has 5 heteroatoms. The SMILES string of the molecule is CCOC(=O)CCCNCc1cnn(C(C)(C)C)c1. The zero-order valence-corrected chi connectivity index (χ0v) is 12.4.